The van der Waals surface area contributed by atoms with Crippen LogP contribution in [0.1, 0.15) is 17.2 Å². The van der Waals surface area contributed by atoms with Gasteiger partial charge in [0.2, 0.25) is 0 Å². The fourth-order valence-corrected chi connectivity index (χ4v) is 2.11. The molecule has 0 aliphatic carbocycles. The van der Waals surface area contributed by atoms with Gasteiger partial charge in [-0.3, -0.25) is 4.98 Å². The van der Waals surface area contributed by atoms with Crippen molar-refractivity contribution in [2.75, 3.05) is 13.1 Å². The maximum Gasteiger partial charge on any atom is 0.0740 e. The highest BCUT2D eigenvalue weighted by molar-refractivity contribution is 5.82. The molecule has 1 aromatic carbocycles. The Morgan fingerprint density at radius 1 is 1.20 bits per heavy atom. The zero-order valence-corrected chi connectivity index (χ0v) is 8.83. The summed E-state index contributed by atoms with van der Waals surface area (Å²) in [7, 11) is 0. The van der Waals surface area contributed by atoms with Crippen LogP contribution in [0.15, 0.2) is 30.3 Å². The maximum atomic E-state index is 4.65. The second-order valence-electron chi connectivity index (χ2n) is 4.23. The molecule has 76 valence electrons. The van der Waals surface area contributed by atoms with Crippen LogP contribution in [0.4, 0.5) is 0 Å². The first kappa shape index (κ1) is 8.86. The number of para-hydroxylation sites is 1. The Morgan fingerprint density at radius 3 is 2.80 bits per heavy atom. The molecule has 0 bridgehead atoms. The molecular weight excluding hydrogens is 184 g/mol. The Balaban J connectivity index is 2.23. The second-order valence-corrected chi connectivity index (χ2v) is 4.23. The molecule has 0 radical (unpaired) electrons. The van der Waals surface area contributed by atoms with E-state index in [0.29, 0.717) is 5.92 Å². The number of benzene rings is 1. The summed E-state index contributed by atoms with van der Waals surface area (Å²) in [5, 5.41) is 4.57. The van der Waals surface area contributed by atoms with Crippen molar-refractivity contribution in [2.45, 2.75) is 12.8 Å². The number of fused-ring (bicyclic) bond motifs is 1. The zero-order valence-electron chi connectivity index (χ0n) is 8.83. The molecule has 15 heavy (non-hydrogen) atoms. The molecule has 0 saturated carbocycles. The molecule has 1 aliphatic rings. The van der Waals surface area contributed by atoms with Gasteiger partial charge in [0.05, 0.1) is 5.52 Å². The van der Waals surface area contributed by atoms with Gasteiger partial charge in [-0.25, -0.2) is 0 Å². The molecule has 2 nitrogen and oxygen atoms in total. The molecule has 0 amide bonds. The molecule has 1 saturated heterocycles. The topological polar surface area (TPSA) is 24.9 Å². The molecule has 2 aromatic rings. The van der Waals surface area contributed by atoms with Gasteiger partial charge in [0.15, 0.2) is 0 Å². The van der Waals surface area contributed by atoms with E-state index in [2.05, 4.69) is 47.6 Å². The van der Waals surface area contributed by atoms with Gasteiger partial charge in [0.25, 0.3) is 0 Å². The number of hydrogen-bond donors (Lipinski definition) is 1. The van der Waals surface area contributed by atoms with Crippen LogP contribution >= 0.6 is 0 Å². The average Bonchev–Trinajstić information content (AvgIpc) is 2.16. The van der Waals surface area contributed by atoms with Crippen molar-refractivity contribution in [3.63, 3.8) is 0 Å². The lowest BCUT2D eigenvalue weighted by Gasteiger charge is -2.28. The van der Waals surface area contributed by atoms with Crippen molar-refractivity contribution in [3.8, 4) is 0 Å². The lowest BCUT2D eigenvalue weighted by Crippen LogP contribution is -2.40. The number of hydrogen-bond acceptors (Lipinski definition) is 2. The van der Waals surface area contributed by atoms with E-state index >= 15 is 0 Å². The lowest BCUT2D eigenvalue weighted by atomic mass is 9.91. The molecule has 1 aromatic heterocycles. The molecule has 2 heterocycles. The normalized spacial score (nSPS) is 16.6. The first-order chi connectivity index (χ1) is 7.34. The van der Waals surface area contributed by atoms with Crippen LogP contribution in [0, 0.1) is 6.92 Å². The van der Waals surface area contributed by atoms with E-state index in [9.17, 15) is 0 Å². The summed E-state index contributed by atoms with van der Waals surface area (Å²) in [4.78, 5) is 4.65. The molecule has 3 rings (SSSR count). The van der Waals surface area contributed by atoms with Crippen molar-refractivity contribution in [2.24, 2.45) is 0 Å². The third-order valence-corrected chi connectivity index (χ3v) is 3.11. The van der Waals surface area contributed by atoms with E-state index in [1.165, 1.54) is 16.5 Å². The van der Waals surface area contributed by atoms with Crippen molar-refractivity contribution >= 4 is 10.9 Å². The minimum atomic E-state index is 0.656. The predicted molar refractivity (Wildman–Crippen MR) is 62.1 cm³/mol. The van der Waals surface area contributed by atoms with Crippen LogP contribution in [0.5, 0.6) is 0 Å². The van der Waals surface area contributed by atoms with Crippen LogP contribution in [0.2, 0.25) is 0 Å². The van der Waals surface area contributed by atoms with Gasteiger partial charge in [-0.1, -0.05) is 24.3 Å². The Bertz CT molecular complexity index is 501. The summed E-state index contributed by atoms with van der Waals surface area (Å²) in [6, 6.07) is 10.7. The Labute approximate surface area is 89.3 Å². The molecule has 1 aliphatic heterocycles. The molecule has 1 N–H and O–H groups in total. The summed E-state index contributed by atoms with van der Waals surface area (Å²) < 4.78 is 0. The standard InChI is InChI=1S/C13H14N2/c1-9-5-6-10-3-2-4-12(13(10)15-9)11-7-14-8-11/h2-6,11,14H,7-8H2,1H3. The predicted octanol–water partition coefficient (Wildman–Crippen LogP) is 2.23. The molecular formula is C13H14N2. The molecule has 0 unspecified atom stereocenters. The van der Waals surface area contributed by atoms with Gasteiger partial charge in [0.1, 0.15) is 0 Å². The maximum absolute atomic E-state index is 4.65. The third kappa shape index (κ3) is 1.41. The summed E-state index contributed by atoms with van der Waals surface area (Å²) in [6.45, 7) is 4.23. The Morgan fingerprint density at radius 2 is 2.07 bits per heavy atom. The van der Waals surface area contributed by atoms with E-state index in [0.717, 1.165) is 18.8 Å². The summed E-state index contributed by atoms with van der Waals surface area (Å²) in [5.41, 5.74) is 3.68. The average molecular weight is 198 g/mol. The number of aryl methyl sites for hydroxylation is 1. The highest BCUT2D eigenvalue weighted by Crippen LogP contribution is 2.26. The summed E-state index contributed by atoms with van der Waals surface area (Å²) >= 11 is 0. The minimum Gasteiger partial charge on any atom is -0.315 e. The van der Waals surface area contributed by atoms with E-state index in [1.54, 1.807) is 0 Å². The molecule has 1 fully saturated rings. The van der Waals surface area contributed by atoms with Gasteiger partial charge in [0, 0.05) is 30.1 Å². The van der Waals surface area contributed by atoms with E-state index < -0.39 is 0 Å². The summed E-state index contributed by atoms with van der Waals surface area (Å²) in [6.07, 6.45) is 0. The van der Waals surface area contributed by atoms with Crippen LogP contribution in [0.25, 0.3) is 10.9 Å². The molecule has 0 atom stereocenters. The Hall–Kier alpha value is -1.41. The van der Waals surface area contributed by atoms with E-state index in [4.69, 9.17) is 0 Å². The number of aromatic nitrogens is 1. The largest absolute Gasteiger partial charge is 0.315 e. The van der Waals surface area contributed by atoms with Crippen molar-refractivity contribution in [3.05, 3.63) is 41.6 Å². The second kappa shape index (κ2) is 3.31. The number of rotatable bonds is 1. The van der Waals surface area contributed by atoms with E-state index in [1.807, 2.05) is 0 Å². The van der Waals surface area contributed by atoms with Gasteiger partial charge < -0.3 is 5.32 Å². The van der Waals surface area contributed by atoms with Crippen LogP contribution in [-0.2, 0) is 0 Å². The van der Waals surface area contributed by atoms with Crippen LogP contribution in [0.3, 0.4) is 0 Å². The first-order valence-electron chi connectivity index (χ1n) is 5.41. The molecule has 0 spiro atoms. The van der Waals surface area contributed by atoms with Gasteiger partial charge in [-0.05, 0) is 18.6 Å². The van der Waals surface area contributed by atoms with Gasteiger partial charge >= 0.3 is 0 Å². The van der Waals surface area contributed by atoms with Crippen LogP contribution < -0.4 is 5.32 Å². The molecule has 2 heteroatoms. The SMILES string of the molecule is Cc1ccc2cccc(C3CNC3)c2n1. The number of nitrogens with one attached hydrogen (secondary N) is 1. The number of nitrogens with zero attached hydrogens (tertiary/aromatic N) is 1. The highest BCUT2D eigenvalue weighted by atomic mass is 14.9. The van der Waals surface area contributed by atoms with Crippen molar-refractivity contribution < 1.29 is 0 Å². The Kier molecular flexibility index (Phi) is 1.96. The van der Waals surface area contributed by atoms with Crippen molar-refractivity contribution in [1.82, 2.24) is 10.3 Å². The fraction of sp³-hybridized carbons (Fsp3) is 0.308. The highest BCUT2D eigenvalue weighted by Gasteiger charge is 2.21. The van der Waals surface area contributed by atoms with Gasteiger partial charge in [-0.15, -0.1) is 0 Å². The third-order valence-electron chi connectivity index (χ3n) is 3.11. The van der Waals surface area contributed by atoms with Crippen LogP contribution in [-0.4, -0.2) is 18.1 Å². The lowest BCUT2D eigenvalue weighted by molar-refractivity contribution is 0.450. The van der Waals surface area contributed by atoms with E-state index in [-0.39, 0.29) is 0 Å². The zero-order chi connectivity index (χ0) is 10.3. The van der Waals surface area contributed by atoms with Gasteiger partial charge in [-0.2, -0.15) is 0 Å². The first-order valence-corrected chi connectivity index (χ1v) is 5.41. The quantitative estimate of drug-likeness (QED) is 0.760. The monoisotopic (exact) mass is 198 g/mol. The van der Waals surface area contributed by atoms with Crippen molar-refractivity contribution in [1.29, 1.82) is 0 Å². The number of pyridine rings is 1. The summed E-state index contributed by atoms with van der Waals surface area (Å²) in [5.74, 6) is 0.656. The smallest absolute Gasteiger partial charge is 0.0740 e. The minimum absolute atomic E-state index is 0.656. The fourth-order valence-electron chi connectivity index (χ4n) is 2.11.